The molecule has 3 aromatic carbocycles. The lowest BCUT2D eigenvalue weighted by atomic mass is 10.00. The first-order chi connectivity index (χ1) is 17.2. The van der Waals surface area contributed by atoms with Gasteiger partial charge < -0.3 is 25.7 Å². The van der Waals surface area contributed by atoms with E-state index in [1.54, 1.807) is 18.2 Å². The SMILES string of the molecule is CC(COC(=O)/C=C/c1ccc(OC(F)(F)c2ccc(OCCF)cc2)cc1)c1ccc(N)cc1N. The normalized spacial score (nSPS) is 12.3. The zero-order valence-corrected chi connectivity index (χ0v) is 19.6. The number of carbonyl (C=O) groups is 1. The Morgan fingerprint density at radius 1 is 1.00 bits per heavy atom. The van der Waals surface area contributed by atoms with Crippen molar-refractivity contribution in [3.05, 3.63) is 89.5 Å². The maximum absolute atomic E-state index is 14.5. The van der Waals surface area contributed by atoms with Crippen LogP contribution in [0, 0.1) is 0 Å². The minimum atomic E-state index is -3.59. The second-order valence-electron chi connectivity index (χ2n) is 8.00. The summed E-state index contributed by atoms with van der Waals surface area (Å²) in [5.74, 6) is -0.459. The molecule has 0 aromatic heterocycles. The Kier molecular flexibility index (Phi) is 8.83. The number of nitrogens with two attached hydrogens (primary N) is 2. The maximum atomic E-state index is 14.5. The minimum Gasteiger partial charge on any atom is -0.491 e. The van der Waals surface area contributed by atoms with E-state index in [4.69, 9.17) is 25.7 Å². The van der Waals surface area contributed by atoms with E-state index in [1.807, 2.05) is 6.92 Å². The molecule has 0 aliphatic heterocycles. The van der Waals surface area contributed by atoms with Crippen LogP contribution < -0.4 is 20.9 Å². The molecule has 9 heteroatoms. The largest absolute Gasteiger partial charge is 0.491 e. The molecule has 0 amide bonds. The van der Waals surface area contributed by atoms with E-state index in [0.717, 1.165) is 17.7 Å². The Labute approximate surface area is 207 Å². The summed E-state index contributed by atoms with van der Waals surface area (Å²) in [6, 6.07) is 15.9. The first-order valence-electron chi connectivity index (χ1n) is 11.1. The van der Waals surface area contributed by atoms with Gasteiger partial charge in [0, 0.05) is 23.4 Å². The summed E-state index contributed by atoms with van der Waals surface area (Å²) in [7, 11) is 0. The number of hydrogen-bond acceptors (Lipinski definition) is 6. The van der Waals surface area contributed by atoms with Gasteiger partial charge in [0.1, 0.15) is 24.8 Å². The van der Waals surface area contributed by atoms with Gasteiger partial charge in [-0.3, -0.25) is 0 Å². The smallest absolute Gasteiger partial charge is 0.426 e. The minimum absolute atomic E-state index is 0.0626. The number of carbonyl (C=O) groups excluding carboxylic acids is 1. The molecule has 1 unspecified atom stereocenters. The number of alkyl halides is 3. The topological polar surface area (TPSA) is 96.8 Å². The number of rotatable bonds is 11. The van der Waals surface area contributed by atoms with Crippen molar-refractivity contribution < 1.29 is 32.2 Å². The predicted octanol–water partition coefficient (Wildman–Crippen LogP) is 5.69. The molecule has 0 bridgehead atoms. The Balaban J connectivity index is 1.52. The second-order valence-corrected chi connectivity index (χ2v) is 8.00. The summed E-state index contributed by atoms with van der Waals surface area (Å²) >= 11 is 0. The fraction of sp³-hybridized carbons (Fsp3) is 0.222. The Bertz CT molecular complexity index is 1180. The highest BCUT2D eigenvalue weighted by Crippen LogP contribution is 2.32. The third-order valence-corrected chi connectivity index (χ3v) is 5.19. The molecule has 3 rings (SSSR count). The van der Waals surface area contributed by atoms with Crippen LogP contribution in [-0.4, -0.2) is 25.9 Å². The monoisotopic (exact) mass is 500 g/mol. The molecular weight excluding hydrogens is 473 g/mol. The highest BCUT2D eigenvalue weighted by molar-refractivity contribution is 5.87. The van der Waals surface area contributed by atoms with E-state index >= 15 is 0 Å². The van der Waals surface area contributed by atoms with Crippen molar-refractivity contribution in [2.75, 3.05) is 31.4 Å². The molecule has 36 heavy (non-hydrogen) atoms. The molecule has 3 aromatic rings. The first-order valence-corrected chi connectivity index (χ1v) is 11.1. The van der Waals surface area contributed by atoms with Crippen molar-refractivity contribution in [2.24, 2.45) is 0 Å². The quantitative estimate of drug-likeness (QED) is 0.200. The highest BCUT2D eigenvalue weighted by atomic mass is 19.3. The van der Waals surface area contributed by atoms with E-state index in [2.05, 4.69) is 0 Å². The standard InChI is InChI=1S/C27H27F3N2O4/c1-18(24-12-7-21(31)16-25(24)32)17-35-26(33)13-4-19-2-8-23(9-3-19)36-27(29,30)20-5-10-22(11-6-20)34-15-14-28/h2-13,16,18H,14-15,17,31-32H2,1H3/b13-4+. The van der Waals surface area contributed by atoms with Gasteiger partial charge in [0.25, 0.3) is 0 Å². The molecule has 0 saturated carbocycles. The molecular formula is C27H27F3N2O4. The molecule has 0 aliphatic rings. The van der Waals surface area contributed by atoms with Crippen molar-refractivity contribution in [2.45, 2.75) is 19.0 Å². The number of benzene rings is 3. The van der Waals surface area contributed by atoms with E-state index in [-0.39, 0.29) is 36.2 Å². The lowest BCUT2D eigenvalue weighted by Gasteiger charge is -2.18. The summed E-state index contributed by atoms with van der Waals surface area (Å²) < 4.78 is 56.3. The summed E-state index contributed by atoms with van der Waals surface area (Å²) in [5, 5.41) is 0. The van der Waals surface area contributed by atoms with Gasteiger partial charge in [-0.15, -0.1) is 0 Å². The summed E-state index contributed by atoms with van der Waals surface area (Å²) in [4.78, 5) is 12.1. The van der Waals surface area contributed by atoms with Gasteiger partial charge in [0.15, 0.2) is 0 Å². The fourth-order valence-electron chi connectivity index (χ4n) is 3.31. The third-order valence-electron chi connectivity index (χ3n) is 5.19. The average Bonchev–Trinajstić information content (AvgIpc) is 2.85. The zero-order valence-electron chi connectivity index (χ0n) is 19.6. The Hall–Kier alpha value is -4.14. The molecule has 0 saturated heterocycles. The van der Waals surface area contributed by atoms with Crippen LogP contribution >= 0.6 is 0 Å². The molecule has 4 N–H and O–H groups in total. The number of hydrogen-bond donors (Lipinski definition) is 2. The fourth-order valence-corrected chi connectivity index (χ4v) is 3.31. The van der Waals surface area contributed by atoms with Crippen LogP contribution in [0.25, 0.3) is 6.08 Å². The van der Waals surface area contributed by atoms with Gasteiger partial charge in [-0.1, -0.05) is 25.1 Å². The van der Waals surface area contributed by atoms with E-state index in [0.29, 0.717) is 16.9 Å². The van der Waals surface area contributed by atoms with Gasteiger partial charge in [-0.25, -0.2) is 9.18 Å². The van der Waals surface area contributed by atoms with Crippen LogP contribution in [0.4, 0.5) is 24.5 Å². The van der Waals surface area contributed by atoms with Crippen molar-refractivity contribution in [3.8, 4) is 11.5 Å². The highest BCUT2D eigenvalue weighted by Gasteiger charge is 2.34. The summed E-state index contributed by atoms with van der Waals surface area (Å²) in [5.41, 5.74) is 13.8. The molecule has 0 heterocycles. The van der Waals surface area contributed by atoms with Crippen LogP contribution in [0.5, 0.6) is 11.5 Å². The number of halogens is 3. The van der Waals surface area contributed by atoms with Crippen LogP contribution in [0.3, 0.4) is 0 Å². The summed E-state index contributed by atoms with van der Waals surface area (Å²) in [6.45, 7) is 1.18. The third kappa shape index (κ3) is 7.43. The first kappa shape index (κ1) is 26.5. The molecule has 0 fully saturated rings. The number of esters is 1. The van der Waals surface area contributed by atoms with E-state index in [9.17, 15) is 18.0 Å². The van der Waals surface area contributed by atoms with E-state index < -0.39 is 18.8 Å². The molecule has 0 spiro atoms. The van der Waals surface area contributed by atoms with Crippen LogP contribution in [0.15, 0.2) is 72.8 Å². The molecule has 0 aliphatic carbocycles. The lowest BCUT2D eigenvalue weighted by molar-refractivity contribution is -0.185. The molecule has 1 atom stereocenters. The van der Waals surface area contributed by atoms with Gasteiger partial charge >= 0.3 is 12.1 Å². The van der Waals surface area contributed by atoms with Crippen molar-refractivity contribution >= 4 is 23.4 Å². The van der Waals surface area contributed by atoms with Gasteiger partial charge in [0.05, 0.1) is 12.2 Å². The van der Waals surface area contributed by atoms with Crippen molar-refractivity contribution in [1.82, 2.24) is 0 Å². The Morgan fingerprint density at radius 2 is 1.67 bits per heavy atom. The van der Waals surface area contributed by atoms with Gasteiger partial charge in [0.2, 0.25) is 0 Å². The second kappa shape index (κ2) is 12.0. The molecule has 6 nitrogen and oxygen atoms in total. The zero-order chi connectivity index (χ0) is 26.1. The molecule has 0 radical (unpaired) electrons. The van der Waals surface area contributed by atoms with E-state index in [1.165, 1.54) is 48.6 Å². The number of nitrogen functional groups attached to an aromatic ring is 2. The number of ether oxygens (including phenoxy) is 3. The lowest BCUT2D eigenvalue weighted by Crippen LogP contribution is -2.21. The maximum Gasteiger partial charge on any atom is 0.426 e. The summed E-state index contributed by atoms with van der Waals surface area (Å²) in [6.07, 6.45) is -0.844. The van der Waals surface area contributed by atoms with Crippen LogP contribution in [0.2, 0.25) is 0 Å². The predicted molar refractivity (Wildman–Crippen MR) is 133 cm³/mol. The van der Waals surface area contributed by atoms with Crippen molar-refractivity contribution in [1.29, 1.82) is 0 Å². The molecule has 190 valence electrons. The average molecular weight is 501 g/mol. The number of anilines is 2. The van der Waals surface area contributed by atoms with Crippen molar-refractivity contribution in [3.63, 3.8) is 0 Å². The van der Waals surface area contributed by atoms with Crippen LogP contribution in [-0.2, 0) is 15.6 Å². The Morgan fingerprint density at radius 3 is 2.31 bits per heavy atom. The van der Waals surface area contributed by atoms with Gasteiger partial charge in [-0.2, -0.15) is 8.78 Å². The van der Waals surface area contributed by atoms with Gasteiger partial charge in [-0.05, 0) is 65.7 Å². The van der Waals surface area contributed by atoms with Crippen LogP contribution in [0.1, 0.15) is 29.5 Å².